The molecule has 12 heteroatoms. The molecule has 0 fully saturated rings. The van der Waals surface area contributed by atoms with Gasteiger partial charge < -0.3 is 47.9 Å². The Morgan fingerprint density at radius 1 is 0.159 bits per heavy atom. The summed E-state index contributed by atoms with van der Waals surface area (Å²) in [6.45, 7) is 13.5. The fourth-order valence-corrected chi connectivity index (χ4v) is 16.1. The summed E-state index contributed by atoms with van der Waals surface area (Å²) in [5.74, 6) is 0. The van der Waals surface area contributed by atoms with Gasteiger partial charge in [-0.15, -0.1) is 0 Å². The minimum atomic E-state index is -1.67. The number of aliphatic hydroxyl groups is 4. The third-order valence-corrected chi connectivity index (χ3v) is 24.3. The topological polar surface area (TPSA) is 147 Å². The minimum absolute atomic E-state index is 0.406. The van der Waals surface area contributed by atoms with Gasteiger partial charge in [-0.3, -0.25) is 0 Å². The predicted octanol–water partition coefficient (Wildman–Crippen LogP) is 32.8. The maximum atomic E-state index is 9.92. The summed E-state index contributed by atoms with van der Waals surface area (Å²) in [7, 11) is -2.86. The van der Waals surface area contributed by atoms with Crippen LogP contribution in [0.4, 0.5) is 0 Å². The fourth-order valence-electron chi connectivity index (χ4n) is 14.4. The summed E-state index contributed by atoms with van der Waals surface area (Å²) in [5.41, 5.74) is -1.11. The van der Waals surface area contributed by atoms with Crippen LogP contribution in [0.3, 0.4) is 0 Å². The maximum absolute atomic E-state index is 9.92. The van der Waals surface area contributed by atoms with Crippen molar-refractivity contribution in [2.24, 2.45) is 5.41 Å². The molecule has 0 unspecified atom stereocenters. The van der Waals surface area contributed by atoms with Crippen molar-refractivity contribution in [3.8, 4) is 0 Å². The third-order valence-electron chi connectivity index (χ3n) is 22.3. The highest BCUT2D eigenvalue weighted by Gasteiger charge is 2.26. The predicted molar refractivity (Wildman–Crippen MR) is 474 cm³/mol. The molecule has 0 saturated carbocycles. The van der Waals surface area contributed by atoms with Crippen LogP contribution >= 0.6 is 17.2 Å². The lowest BCUT2D eigenvalue weighted by Crippen LogP contribution is -2.37. The largest absolute Gasteiger partial charge is 0.396 e. The standard InChI is InChI=1S/C54H111O3P.C36H75O3P.C5H12O4/c1-4-7-10-13-16-19-22-25-28-31-34-37-40-43-46-49-52-55-58(56-53-50-47-44-41-38-35-32-29-26-23-20-17-14-11-8-5-2)57-54-51-48-45-42-39-36-33-30-27-24-21-18-15-12-9-6-3;1-3-5-7-9-11-13-15-17-19-21-23-25-27-29-31-33-35-38-40(37)39-36-34-32-30-28-26-24-22-20-18-16-14-12-10-8-6-4-2;6-1-5(2-7,3-8)4-9/h4-54H2,1-3H3;37H,3-36H2,1-2H3;6-9H,1-4H2. The van der Waals surface area contributed by atoms with E-state index in [0.29, 0.717) is 13.2 Å². The van der Waals surface area contributed by atoms with Gasteiger partial charge in [-0.05, 0) is 32.1 Å². The average Bonchev–Trinajstić information content (AvgIpc) is 0.934. The first kappa shape index (κ1) is 112. The summed E-state index contributed by atoms with van der Waals surface area (Å²) in [6.07, 6.45) is 111. The number of rotatable bonds is 94. The van der Waals surface area contributed by atoms with E-state index in [-0.39, 0.29) is 0 Å². The molecule has 0 saturated heterocycles. The van der Waals surface area contributed by atoms with Gasteiger partial charge in [-0.25, -0.2) is 0 Å². The highest BCUT2D eigenvalue weighted by Crippen LogP contribution is 2.41. The Bertz CT molecular complexity index is 1340. The Morgan fingerprint density at radius 3 is 0.364 bits per heavy atom. The van der Waals surface area contributed by atoms with Crippen LogP contribution in [0, 0.1) is 5.41 Å². The molecule has 648 valence electrons. The van der Waals surface area contributed by atoms with Crippen molar-refractivity contribution in [3.05, 3.63) is 0 Å². The van der Waals surface area contributed by atoms with Crippen molar-refractivity contribution in [1.29, 1.82) is 0 Å². The Morgan fingerprint density at radius 2 is 0.262 bits per heavy atom. The van der Waals surface area contributed by atoms with Crippen LogP contribution in [0.15, 0.2) is 0 Å². The Kier molecular flexibility index (Phi) is 109. The molecule has 0 spiro atoms. The monoisotopic (exact) mass is 1560 g/mol. The Hall–Kier alpha value is 0.460. The SMILES string of the molecule is CCCCCCCCCCCCCCCCCCOP(O)OCCCCCCCCCCCCCCCCCC.CCCCCCCCCCCCCCCCCCOP(OCCCCCCCCCCCCCCCCCC)OCCCCCCCCCCCCCCCCCC.OCC(CO)(CO)CO. The Labute approximate surface area is 674 Å². The van der Waals surface area contributed by atoms with Crippen molar-refractivity contribution < 1.29 is 47.9 Å². The lowest BCUT2D eigenvalue weighted by molar-refractivity contribution is -0.0328. The van der Waals surface area contributed by atoms with Gasteiger partial charge in [-0.1, -0.05) is 516 Å². The van der Waals surface area contributed by atoms with Crippen LogP contribution in [0.1, 0.15) is 548 Å². The van der Waals surface area contributed by atoms with Crippen LogP contribution in [0.5, 0.6) is 0 Å². The van der Waals surface area contributed by atoms with Crippen LogP contribution < -0.4 is 0 Å². The van der Waals surface area contributed by atoms with E-state index < -0.39 is 49.0 Å². The fraction of sp³-hybridized carbons (Fsp3) is 1.00. The van der Waals surface area contributed by atoms with E-state index in [1.54, 1.807) is 0 Å². The molecule has 0 aliphatic rings. The maximum Gasteiger partial charge on any atom is 0.332 e. The van der Waals surface area contributed by atoms with E-state index in [1.165, 1.54) is 482 Å². The number of hydrogen-bond donors (Lipinski definition) is 5. The van der Waals surface area contributed by atoms with Crippen LogP contribution in [-0.4, -0.2) is 84.8 Å². The molecule has 0 radical (unpaired) electrons. The molecule has 0 amide bonds. The van der Waals surface area contributed by atoms with E-state index in [2.05, 4.69) is 34.6 Å². The second-order valence-corrected chi connectivity index (χ2v) is 35.5. The molecule has 0 aliphatic carbocycles. The van der Waals surface area contributed by atoms with Gasteiger partial charge in [0, 0.05) is 0 Å². The summed E-state index contributed by atoms with van der Waals surface area (Å²) in [6, 6.07) is 0. The van der Waals surface area contributed by atoms with Crippen LogP contribution in [-0.2, 0) is 22.6 Å². The van der Waals surface area contributed by atoms with E-state index in [4.69, 9.17) is 43.0 Å². The quantitative estimate of drug-likeness (QED) is 0.0295. The second-order valence-electron chi connectivity index (χ2n) is 33.3. The van der Waals surface area contributed by atoms with Gasteiger partial charge in [0.25, 0.3) is 0 Å². The molecule has 0 aliphatic heterocycles. The molecule has 10 nitrogen and oxygen atoms in total. The minimum Gasteiger partial charge on any atom is -0.396 e. The van der Waals surface area contributed by atoms with Crippen molar-refractivity contribution in [1.82, 2.24) is 0 Å². The zero-order valence-electron chi connectivity index (χ0n) is 73.6. The highest BCUT2D eigenvalue weighted by atomic mass is 31.2. The molecule has 5 N–H and O–H groups in total. The molecule has 0 aromatic heterocycles. The first-order chi connectivity index (χ1) is 52.9. The van der Waals surface area contributed by atoms with Gasteiger partial charge in [-0.2, -0.15) is 0 Å². The molecular formula is C95H198O10P2. The number of hydrogen-bond acceptors (Lipinski definition) is 10. The van der Waals surface area contributed by atoms with E-state index in [0.717, 1.165) is 51.9 Å². The first-order valence-electron chi connectivity index (χ1n) is 48.8. The van der Waals surface area contributed by atoms with Crippen molar-refractivity contribution >= 4 is 17.2 Å². The molecule has 0 bridgehead atoms. The van der Waals surface area contributed by atoms with E-state index >= 15 is 0 Å². The summed E-state index contributed by atoms with van der Waals surface area (Å²) in [5, 5.41) is 34.0. The molecule has 0 rings (SSSR count). The molecule has 107 heavy (non-hydrogen) atoms. The van der Waals surface area contributed by atoms with Gasteiger partial charge in [0.15, 0.2) is 0 Å². The van der Waals surface area contributed by atoms with Gasteiger partial charge in [0.1, 0.15) is 0 Å². The van der Waals surface area contributed by atoms with Crippen molar-refractivity contribution in [3.63, 3.8) is 0 Å². The lowest BCUT2D eigenvalue weighted by Gasteiger charge is -2.23. The van der Waals surface area contributed by atoms with Crippen molar-refractivity contribution in [2.45, 2.75) is 548 Å². The van der Waals surface area contributed by atoms with Crippen LogP contribution in [0.25, 0.3) is 0 Å². The zero-order chi connectivity index (χ0) is 78.1. The lowest BCUT2D eigenvalue weighted by atomic mass is 9.93. The van der Waals surface area contributed by atoms with Gasteiger partial charge in [0.05, 0.1) is 64.9 Å². The molecular weight excluding hydrogens is 1360 g/mol. The molecule has 0 aromatic carbocycles. The second kappa shape index (κ2) is 104. The van der Waals surface area contributed by atoms with Gasteiger partial charge in [0.2, 0.25) is 0 Å². The highest BCUT2D eigenvalue weighted by molar-refractivity contribution is 7.41. The van der Waals surface area contributed by atoms with Gasteiger partial charge >= 0.3 is 17.2 Å². The Balaban J connectivity index is -0.00000190. The number of unbranched alkanes of at least 4 members (excludes halogenated alkanes) is 75. The molecule has 0 aromatic rings. The third kappa shape index (κ3) is 101. The van der Waals surface area contributed by atoms with Crippen LogP contribution in [0.2, 0.25) is 0 Å². The van der Waals surface area contributed by atoms with E-state index in [1.807, 2.05) is 0 Å². The average molecular weight is 1560 g/mol. The summed E-state index contributed by atoms with van der Waals surface area (Å²) >= 11 is 0. The van der Waals surface area contributed by atoms with Crippen molar-refractivity contribution in [2.75, 3.05) is 59.5 Å². The number of aliphatic hydroxyl groups excluding tert-OH is 4. The normalized spacial score (nSPS) is 11.8. The first-order valence-corrected chi connectivity index (χ1v) is 51.0. The summed E-state index contributed by atoms with van der Waals surface area (Å²) < 4.78 is 29.7. The smallest absolute Gasteiger partial charge is 0.332 e. The molecule has 0 atom stereocenters. The summed E-state index contributed by atoms with van der Waals surface area (Å²) in [4.78, 5) is 9.92. The molecule has 0 heterocycles. The van der Waals surface area contributed by atoms with E-state index in [9.17, 15) is 4.89 Å². The zero-order valence-corrected chi connectivity index (χ0v) is 75.4.